The van der Waals surface area contributed by atoms with E-state index in [1.807, 2.05) is 24.3 Å². The van der Waals surface area contributed by atoms with Gasteiger partial charge in [-0.05, 0) is 12.0 Å². The summed E-state index contributed by atoms with van der Waals surface area (Å²) < 4.78 is 0. The highest BCUT2D eigenvalue weighted by Crippen LogP contribution is 2.13. The summed E-state index contributed by atoms with van der Waals surface area (Å²) in [5.74, 6) is 0.0996. The minimum Gasteiger partial charge on any atom is -0.388 e. The van der Waals surface area contributed by atoms with E-state index in [-0.39, 0.29) is 35.9 Å². The lowest BCUT2D eigenvalue weighted by molar-refractivity contribution is -0.123. The molecule has 0 saturated carbocycles. The zero-order valence-electron chi connectivity index (χ0n) is 25.6. The first-order valence-electron chi connectivity index (χ1n) is 15.3. The predicted octanol–water partition coefficient (Wildman–Crippen LogP) is -2.49. The first-order chi connectivity index (χ1) is 20.8. The molecule has 0 atom stereocenters. The van der Waals surface area contributed by atoms with Gasteiger partial charge in [-0.1, -0.05) is 31.2 Å². The molecule has 14 nitrogen and oxygen atoms in total. The van der Waals surface area contributed by atoms with Gasteiger partial charge in [-0.3, -0.25) is 9.59 Å². The zero-order chi connectivity index (χ0) is 30.8. The Morgan fingerprint density at radius 2 is 1.30 bits per heavy atom. The number of hydrogen-bond acceptors (Lipinski definition) is 10. The third-order valence-electron chi connectivity index (χ3n) is 7.66. The summed E-state index contributed by atoms with van der Waals surface area (Å²) in [6, 6.07) is 7.35. The molecule has 4 rings (SSSR count). The fraction of sp³-hybridized carbons (Fsp3) is 0.655. The topological polar surface area (TPSA) is 207 Å². The maximum Gasteiger partial charge on any atom is 0.220 e. The Labute approximate surface area is 255 Å². The van der Waals surface area contributed by atoms with Crippen molar-refractivity contribution in [1.82, 2.24) is 42.5 Å². The van der Waals surface area contributed by atoms with Crippen LogP contribution >= 0.6 is 0 Å². The van der Waals surface area contributed by atoms with E-state index in [9.17, 15) is 9.59 Å². The molecule has 240 valence electrons. The second kappa shape index (κ2) is 18.5. The Morgan fingerprint density at radius 1 is 0.814 bits per heavy atom. The minimum absolute atomic E-state index is 0.0561. The largest absolute Gasteiger partial charge is 0.388 e. The van der Waals surface area contributed by atoms with Crippen molar-refractivity contribution in [2.24, 2.45) is 27.1 Å². The van der Waals surface area contributed by atoms with Crippen LogP contribution in [0.1, 0.15) is 37.3 Å². The molecule has 3 saturated heterocycles. The molecule has 3 heterocycles. The number of nitrogens with zero attached hydrogens (tertiary/aromatic N) is 2. The van der Waals surface area contributed by atoms with E-state index in [1.165, 1.54) is 0 Å². The monoisotopic (exact) mass is 600 g/mol. The molecule has 3 aliphatic rings. The summed E-state index contributed by atoms with van der Waals surface area (Å²) in [5, 5.41) is 35.0. The number of rotatable bonds is 9. The standard InChI is InChI=1S/C29H52N12O2/c1-28-16-32-9-12-35-19-29(20-36-13-10-33-17-28,21-37-14-11-34-18-28)40-26(43)4-2-3-25(42)38-15-23-5-7-24(8-6-23)27(31)41-39-22-30/h5-8,22,32-37H,2-4,9-21H2,1H3,(H2,30,39)(H2,31,41)(H,38,42)(H,40,43). The Hall–Kier alpha value is -3.14. The van der Waals surface area contributed by atoms with Crippen molar-refractivity contribution < 1.29 is 9.59 Å². The Kier molecular flexibility index (Phi) is 14.8. The lowest BCUT2D eigenvalue weighted by Gasteiger charge is -2.37. The summed E-state index contributed by atoms with van der Waals surface area (Å²) in [6.07, 6.45) is 2.08. The Balaban J connectivity index is 1.49. The quantitative estimate of drug-likeness (QED) is 0.0819. The van der Waals surface area contributed by atoms with Crippen molar-refractivity contribution in [3.05, 3.63) is 35.4 Å². The van der Waals surface area contributed by atoms with Crippen LogP contribution in [-0.4, -0.2) is 108 Å². The van der Waals surface area contributed by atoms with Crippen molar-refractivity contribution in [3.63, 3.8) is 0 Å². The van der Waals surface area contributed by atoms with Crippen LogP contribution in [-0.2, 0) is 16.1 Å². The van der Waals surface area contributed by atoms with Crippen LogP contribution in [0.15, 0.2) is 34.5 Å². The maximum absolute atomic E-state index is 13.1. The van der Waals surface area contributed by atoms with Gasteiger partial charge in [-0.25, -0.2) is 0 Å². The molecule has 1 aromatic carbocycles. The van der Waals surface area contributed by atoms with Gasteiger partial charge in [0.1, 0.15) is 6.34 Å². The highest BCUT2D eigenvalue weighted by atomic mass is 16.2. The van der Waals surface area contributed by atoms with E-state index in [4.69, 9.17) is 11.5 Å². The normalized spacial score (nSPS) is 25.1. The van der Waals surface area contributed by atoms with Gasteiger partial charge in [0.05, 0.1) is 5.54 Å². The lowest BCUT2D eigenvalue weighted by atomic mass is 9.90. The summed E-state index contributed by atoms with van der Waals surface area (Å²) in [7, 11) is 0. The van der Waals surface area contributed by atoms with Crippen LogP contribution in [0.4, 0.5) is 0 Å². The number of carbonyl (C=O) groups is 2. The van der Waals surface area contributed by atoms with E-state index in [0.29, 0.717) is 38.2 Å². The van der Waals surface area contributed by atoms with Gasteiger partial charge in [-0.15, -0.1) is 10.2 Å². The van der Waals surface area contributed by atoms with Crippen LogP contribution in [0.25, 0.3) is 0 Å². The van der Waals surface area contributed by atoms with Crippen molar-refractivity contribution >= 4 is 24.0 Å². The van der Waals surface area contributed by atoms with Gasteiger partial charge >= 0.3 is 0 Å². The molecule has 3 aliphatic heterocycles. The SMILES string of the molecule is CC12CNCCNCC(NC(=O)CCCC(=O)NCc3ccc(/C(N)=N/N=C\N)cc3)(CNCCNC1)CNCCNC2. The third kappa shape index (κ3) is 12.9. The molecular weight excluding hydrogens is 548 g/mol. The molecule has 0 spiro atoms. The average molecular weight is 601 g/mol. The van der Waals surface area contributed by atoms with Crippen LogP contribution in [0, 0.1) is 5.41 Å². The number of amides is 2. The van der Waals surface area contributed by atoms with Crippen molar-refractivity contribution in [3.8, 4) is 0 Å². The maximum atomic E-state index is 13.1. The molecular formula is C29H52N12O2. The van der Waals surface area contributed by atoms with Crippen molar-refractivity contribution in [1.29, 1.82) is 0 Å². The average Bonchev–Trinajstić information content (AvgIpc) is 3.00. The Bertz CT molecular complexity index is 1000. The van der Waals surface area contributed by atoms with Crippen LogP contribution in [0.2, 0.25) is 0 Å². The van der Waals surface area contributed by atoms with Gasteiger partial charge in [0.2, 0.25) is 11.8 Å². The van der Waals surface area contributed by atoms with E-state index >= 15 is 0 Å². The van der Waals surface area contributed by atoms with Gasteiger partial charge in [-0.2, -0.15) is 0 Å². The van der Waals surface area contributed by atoms with Crippen molar-refractivity contribution in [2.75, 3.05) is 78.5 Å². The van der Waals surface area contributed by atoms with Gasteiger partial charge in [0.25, 0.3) is 0 Å². The lowest BCUT2D eigenvalue weighted by Crippen LogP contribution is -2.66. The molecule has 3 fully saturated rings. The van der Waals surface area contributed by atoms with E-state index in [1.54, 1.807) is 0 Å². The number of nitrogens with two attached hydrogens (primary N) is 2. The molecule has 0 aromatic heterocycles. The van der Waals surface area contributed by atoms with Crippen molar-refractivity contribution in [2.45, 2.75) is 38.3 Å². The van der Waals surface area contributed by atoms with Crippen LogP contribution in [0.5, 0.6) is 0 Å². The minimum atomic E-state index is -0.501. The van der Waals surface area contributed by atoms with E-state index < -0.39 is 5.54 Å². The molecule has 2 bridgehead atoms. The molecule has 0 radical (unpaired) electrons. The number of nitrogens with one attached hydrogen (secondary N) is 8. The molecule has 12 N–H and O–H groups in total. The molecule has 0 unspecified atom stereocenters. The first kappa shape index (κ1) is 34.4. The highest BCUT2D eigenvalue weighted by Gasteiger charge is 2.32. The molecule has 1 aromatic rings. The van der Waals surface area contributed by atoms with Gasteiger partial charge < -0.3 is 54.0 Å². The molecule has 14 heteroatoms. The summed E-state index contributed by atoms with van der Waals surface area (Å²) >= 11 is 0. The fourth-order valence-electron chi connectivity index (χ4n) is 5.19. The smallest absolute Gasteiger partial charge is 0.220 e. The summed E-state index contributed by atoms with van der Waals surface area (Å²) in [4.78, 5) is 25.6. The van der Waals surface area contributed by atoms with E-state index in [0.717, 1.165) is 70.8 Å². The number of fused-ring (bicyclic) bond motifs is 15. The molecule has 2 amide bonds. The second-order valence-corrected chi connectivity index (χ2v) is 11.8. The highest BCUT2D eigenvalue weighted by molar-refractivity contribution is 5.97. The Morgan fingerprint density at radius 3 is 1.81 bits per heavy atom. The zero-order valence-corrected chi connectivity index (χ0v) is 25.6. The number of benzene rings is 1. The van der Waals surface area contributed by atoms with E-state index in [2.05, 4.69) is 59.7 Å². The first-order valence-corrected chi connectivity index (χ1v) is 15.3. The summed E-state index contributed by atoms with van der Waals surface area (Å²) in [6.45, 7) is 12.3. The predicted molar refractivity (Wildman–Crippen MR) is 172 cm³/mol. The molecule has 0 aliphatic carbocycles. The second-order valence-electron chi connectivity index (χ2n) is 11.8. The summed E-state index contributed by atoms with van der Waals surface area (Å²) in [5.41, 5.74) is 12.3. The molecule has 43 heavy (non-hydrogen) atoms. The number of amidine groups is 1. The van der Waals surface area contributed by atoms with Crippen LogP contribution < -0.4 is 54.0 Å². The van der Waals surface area contributed by atoms with Gasteiger partial charge in [0.15, 0.2) is 5.84 Å². The van der Waals surface area contributed by atoms with Crippen LogP contribution in [0.3, 0.4) is 0 Å². The third-order valence-corrected chi connectivity index (χ3v) is 7.66. The van der Waals surface area contributed by atoms with Gasteiger partial charge in [0, 0.05) is 109 Å². The fourth-order valence-corrected chi connectivity index (χ4v) is 5.19. The number of hydrogen-bond donors (Lipinski definition) is 10. The number of carbonyl (C=O) groups excluding carboxylic acids is 2.